The first kappa shape index (κ1) is 14.2. The van der Waals surface area contributed by atoms with Crippen LogP contribution in [0, 0.1) is 0 Å². The van der Waals surface area contributed by atoms with Gasteiger partial charge in [-0.15, -0.1) is 0 Å². The lowest BCUT2D eigenvalue weighted by atomic mass is 10.1. The average Bonchev–Trinajstić information content (AvgIpc) is 2.79. The summed E-state index contributed by atoms with van der Waals surface area (Å²) in [5.74, 6) is 0. The first-order valence-electron chi connectivity index (χ1n) is 6.52. The Morgan fingerprint density at radius 3 is 2.74 bits per heavy atom. The highest BCUT2D eigenvalue weighted by atomic mass is 79.9. The zero-order valence-electron chi connectivity index (χ0n) is 11.5. The van der Waals surface area contributed by atoms with Gasteiger partial charge in [0.2, 0.25) is 0 Å². The molecule has 0 radical (unpaired) electrons. The molecule has 2 aromatic heterocycles. The van der Waals surface area contributed by atoms with Gasteiger partial charge in [-0.1, -0.05) is 13.0 Å². The Morgan fingerprint density at radius 2 is 2.16 bits per heavy atom. The normalized spacial score (nSPS) is 12.9. The molecule has 2 aromatic rings. The first-order valence-corrected chi connectivity index (χ1v) is 7.31. The molecule has 0 saturated heterocycles. The molecule has 5 heteroatoms. The number of nitrogens with one attached hydrogen (secondary N) is 1. The Kier molecular flexibility index (Phi) is 4.71. The van der Waals surface area contributed by atoms with E-state index in [-0.39, 0.29) is 6.04 Å². The van der Waals surface area contributed by atoms with Crippen LogP contribution in [-0.2, 0) is 0 Å². The lowest BCUT2D eigenvalue weighted by molar-refractivity contribution is 0.471. The minimum atomic E-state index is 0.0467. The Balaban J connectivity index is 2.48. The quantitative estimate of drug-likeness (QED) is 0.918. The van der Waals surface area contributed by atoms with Gasteiger partial charge in [0.1, 0.15) is 0 Å². The van der Waals surface area contributed by atoms with Crippen LogP contribution in [0.4, 0.5) is 0 Å². The van der Waals surface area contributed by atoms with E-state index in [2.05, 4.69) is 52.1 Å². The van der Waals surface area contributed by atoms with E-state index in [0.717, 1.165) is 22.4 Å². The number of hydrogen-bond acceptors (Lipinski definition) is 3. The van der Waals surface area contributed by atoms with Crippen molar-refractivity contribution in [1.82, 2.24) is 20.1 Å². The zero-order valence-corrected chi connectivity index (χ0v) is 13.1. The Hall–Kier alpha value is -1.20. The van der Waals surface area contributed by atoms with Gasteiger partial charge in [0, 0.05) is 12.2 Å². The Bertz CT molecular complexity index is 521. The number of hydrogen-bond donors (Lipinski definition) is 1. The summed E-state index contributed by atoms with van der Waals surface area (Å²) < 4.78 is 3.05. The monoisotopic (exact) mass is 322 g/mol. The lowest BCUT2D eigenvalue weighted by Crippen LogP contribution is -2.26. The van der Waals surface area contributed by atoms with Crippen LogP contribution in [0.15, 0.2) is 35.1 Å². The van der Waals surface area contributed by atoms with Crippen molar-refractivity contribution in [3.8, 4) is 0 Å². The van der Waals surface area contributed by atoms with E-state index < -0.39 is 0 Å². The summed E-state index contributed by atoms with van der Waals surface area (Å²) in [6.07, 6.45) is 3.67. The molecule has 1 atom stereocenters. The molecule has 2 heterocycles. The fraction of sp³-hybridized carbons (Fsp3) is 0.429. The SMILES string of the molecule is CCNC(c1ccccn1)c1c(Br)cnn1C(C)C. The first-order chi connectivity index (χ1) is 9.15. The van der Waals surface area contributed by atoms with E-state index >= 15 is 0 Å². The smallest absolute Gasteiger partial charge is 0.0933 e. The molecule has 0 amide bonds. The van der Waals surface area contributed by atoms with Crippen LogP contribution in [0.25, 0.3) is 0 Å². The van der Waals surface area contributed by atoms with Crippen LogP contribution in [0.1, 0.15) is 44.2 Å². The highest BCUT2D eigenvalue weighted by Crippen LogP contribution is 2.29. The molecule has 19 heavy (non-hydrogen) atoms. The number of pyridine rings is 1. The van der Waals surface area contributed by atoms with Gasteiger partial charge >= 0.3 is 0 Å². The molecule has 0 aliphatic carbocycles. The topological polar surface area (TPSA) is 42.7 Å². The van der Waals surface area contributed by atoms with Gasteiger partial charge in [-0.25, -0.2) is 0 Å². The van der Waals surface area contributed by atoms with Gasteiger partial charge in [0.25, 0.3) is 0 Å². The minimum absolute atomic E-state index is 0.0467. The molecule has 1 unspecified atom stereocenters. The number of halogens is 1. The van der Waals surface area contributed by atoms with Gasteiger partial charge in [0.15, 0.2) is 0 Å². The second-order valence-corrected chi connectivity index (χ2v) is 5.52. The van der Waals surface area contributed by atoms with Crippen LogP contribution in [0.2, 0.25) is 0 Å². The summed E-state index contributed by atoms with van der Waals surface area (Å²) in [5.41, 5.74) is 2.13. The predicted octanol–water partition coefficient (Wildman–Crippen LogP) is 3.32. The van der Waals surface area contributed by atoms with Gasteiger partial charge in [-0.2, -0.15) is 5.10 Å². The maximum absolute atomic E-state index is 4.47. The van der Waals surface area contributed by atoms with E-state index in [1.807, 2.05) is 35.3 Å². The number of nitrogens with zero attached hydrogens (tertiary/aromatic N) is 3. The fourth-order valence-corrected chi connectivity index (χ4v) is 2.63. The van der Waals surface area contributed by atoms with Crippen molar-refractivity contribution >= 4 is 15.9 Å². The van der Waals surface area contributed by atoms with Crippen molar-refractivity contribution in [2.45, 2.75) is 32.9 Å². The molecule has 4 nitrogen and oxygen atoms in total. The Labute approximate surface area is 122 Å². The standard InChI is InChI=1S/C14H19BrN4/c1-4-16-13(12-7-5-6-8-17-12)14-11(15)9-18-19(14)10(2)3/h5-10,13,16H,4H2,1-3H3. The van der Waals surface area contributed by atoms with Gasteiger partial charge in [-0.3, -0.25) is 9.67 Å². The second-order valence-electron chi connectivity index (χ2n) is 4.66. The summed E-state index contributed by atoms with van der Waals surface area (Å²) in [5, 5.41) is 7.93. The highest BCUT2D eigenvalue weighted by Gasteiger charge is 2.23. The Morgan fingerprint density at radius 1 is 1.37 bits per heavy atom. The van der Waals surface area contributed by atoms with E-state index in [0.29, 0.717) is 6.04 Å². The van der Waals surface area contributed by atoms with Gasteiger partial charge in [-0.05, 0) is 48.5 Å². The second kappa shape index (κ2) is 6.30. The molecule has 0 saturated carbocycles. The van der Waals surface area contributed by atoms with Crippen molar-refractivity contribution in [2.24, 2.45) is 0 Å². The average molecular weight is 323 g/mol. The summed E-state index contributed by atoms with van der Waals surface area (Å²) in [4.78, 5) is 4.47. The molecule has 0 fully saturated rings. The zero-order chi connectivity index (χ0) is 13.8. The van der Waals surface area contributed by atoms with E-state index in [4.69, 9.17) is 0 Å². The van der Waals surface area contributed by atoms with Gasteiger partial charge in [0.05, 0.1) is 28.1 Å². The molecule has 0 aliphatic rings. The molecular formula is C14H19BrN4. The predicted molar refractivity (Wildman–Crippen MR) is 80.1 cm³/mol. The molecule has 0 bridgehead atoms. The van der Waals surface area contributed by atoms with Crippen molar-refractivity contribution in [3.63, 3.8) is 0 Å². The minimum Gasteiger partial charge on any atom is -0.304 e. The summed E-state index contributed by atoms with van der Waals surface area (Å²) in [6, 6.07) is 6.34. The summed E-state index contributed by atoms with van der Waals surface area (Å²) in [7, 11) is 0. The molecule has 0 spiro atoms. The summed E-state index contributed by atoms with van der Waals surface area (Å²) in [6.45, 7) is 7.23. The van der Waals surface area contributed by atoms with Crippen LogP contribution in [0.3, 0.4) is 0 Å². The maximum Gasteiger partial charge on any atom is 0.0933 e. The van der Waals surface area contributed by atoms with Crippen LogP contribution in [-0.4, -0.2) is 21.3 Å². The molecule has 2 rings (SSSR count). The maximum atomic E-state index is 4.47. The summed E-state index contributed by atoms with van der Waals surface area (Å²) >= 11 is 3.60. The van der Waals surface area contributed by atoms with Crippen LogP contribution in [0.5, 0.6) is 0 Å². The van der Waals surface area contributed by atoms with Crippen molar-refractivity contribution in [1.29, 1.82) is 0 Å². The van der Waals surface area contributed by atoms with E-state index in [1.165, 1.54) is 0 Å². The largest absolute Gasteiger partial charge is 0.304 e. The van der Waals surface area contributed by atoms with Crippen molar-refractivity contribution in [3.05, 3.63) is 46.5 Å². The van der Waals surface area contributed by atoms with Gasteiger partial charge < -0.3 is 5.32 Å². The van der Waals surface area contributed by atoms with Crippen molar-refractivity contribution in [2.75, 3.05) is 6.54 Å². The molecule has 1 N–H and O–H groups in total. The van der Waals surface area contributed by atoms with Crippen LogP contribution >= 0.6 is 15.9 Å². The molecule has 0 aliphatic heterocycles. The van der Waals surface area contributed by atoms with Crippen LogP contribution < -0.4 is 5.32 Å². The highest BCUT2D eigenvalue weighted by molar-refractivity contribution is 9.10. The fourth-order valence-electron chi connectivity index (χ4n) is 2.12. The third-order valence-electron chi connectivity index (χ3n) is 2.94. The number of rotatable bonds is 5. The third-order valence-corrected chi connectivity index (χ3v) is 3.55. The number of aromatic nitrogens is 3. The molecule has 102 valence electrons. The molecular weight excluding hydrogens is 304 g/mol. The lowest BCUT2D eigenvalue weighted by Gasteiger charge is -2.21. The van der Waals surface area contributed by atoms with E-state index in [1.54, 1.807) is 0 Å². The third kappa shape index (κ3) is 3.04. The molecule has 0 aromatic carbocycles. The van der Waals surface area contributed by atoms with Crippen molar-refractivity contribution < 1.29 is 0 Å². The van der Waals surface area contributed by atoms with E-state index in [9.17, 15) is 0 Å².